The van der Waals surface area contributed by atoms with Crippen molar-refractivity contribution < 1.29 is 9.59 Å². The zero-order valence-corrected chi connectivity index (χ0v) is 17.2. The molecule has 2 aromatic rings. The van der Waals surface area contributed by atoms with E-state index in [-0.39, 0.29) is 18.9 Å². The molecule has 1 saturated heterocycles. The largest absolute Gasteiger partial charge is 0.332 e. The van der Waals surface area contributed by atoms with Gasteiger partial charge in [-0.25, -0.2) is 9.69 Å². The Bertz CT molecular complexity index is 1060. The number of carbonyl (C=O) groups is 2. The summed E-state index contributed by atoms with van der Waals surface area (Å²) < 4.78 is 0. The van der Waals surface area contributed by atoms with E-state index in [0.717, 1.165) is 16.0 Å². The molecule has 4 rings (SSSR count). The van der Waals surface area contributed by atoms with E-state index in [1.807, 2.05) is 31.2 Å². The lowest BCUT2D eigenvalue weighted by Gasteiger charge is -2.40. The predicted molar refractivity (Wildman–Crippen MR) is 113 cm³/mol. The molecule has 1 fully saturated rings. The number of aromatic nitrogens is 1. The predicted octanol–water partition coefficient (Wildman–Crippen LogP) is 4.25. The van der Waals surface area contributed by atoms with Gasteiger partial charge in [0.1, 0.15) is 5.25 Å². The van der Waals surface area contributed by atoms with Gasteiger partial charge in [-0.15, -0.1) is 11.8 Å². The molecule has 0 aliphatic carbocycles. The third-order valence-corrected chi connectivity index (χ3v) is 6.54. The molecule has 29 heavy (non-hydrogen) atoms. The summed E-state index contributed by atoms with van der Waals surface area (Å²) in [6.07, 6.45) is 5.27. The SMILES string of the molecule is Cc1cncc(N2C(=O)C3SC(c4ccccc4Cl)=CC3N(CCC#N)C2=O)c1. The van der Waals surface area contributed by atoms with Crippen molar-refractivity contribution in [2.45, 2.75) is 24.6 Å². The second-order valence-corrected chi connectivity index (χ2v) is 8.41. The van der Waals surface area contributed by atoms with Gasteiger partial charge in [0.05, 0.1) is 30.4 Å². The molecule has 2 atom stereocenters. The minimum atomic E-state index is -0.502. The first-order valence-corrected chi connectivity index (χ1v) is 10.3. The fourth-order valence-electron chi connectivity index (χ4n) is 3.54. The van der Waals surface area contributed by atoms with Crippen LogP contribution in [0.25, 0.3) is 4.91 Å². The first-order valence-electron chi connectivity index (χ1n) is 9.08. The molecule has 146 valence electrons. The molecule has 2 aliphatic rings. The highest BCUT2D eigenvalue weighted by atomic mass is 35.5. The highest BCUT2D eigenvalue weighted by molar-refractivity contribution is 8.09. The lowest BCUT2D eigenvalue weighted by Crippen LogP contribution is -2.62. The summed E-state index contributed by atoms with van der Waals surface area (Å²) in [6, 6.07) is 10.4. The van der Waals surface area contributed by atoms with Gasteiger partial charge < -0.3 is 4.90 Å². The first kappa shape index (κ1) is 19.5. The van der Waals surface area contributed by atoms with Crippen molar-refractivity contribution in [2.24, 2.45) is 0 Å². The number of halogens is 1. The zero-order valence-electron chi connectivity index (χ0n) is 15.6. The molecule has 8 heteroatoms. The third kappa shape index (κ3) is 3.50. The molecule has 0 saturated carbocycles. The smallest absolute Gasteiger partial charge is 0.315 e. The molecule has 3 heterocycles. The first-order chi connectivity index (χ1) is 14.0. The van der Waals surface area contributed by atoms with E-state index in [4.69, 9.17) is 16.9 Å². The minimum Gasteiger partial charge on any atom is -0.315 e. The topological polar surface area (TPSA) is 77.3 Å². The van der Waals surface area contributed by atoms with E-state index in [1.165, 1.54) is 22.9 Å². The van der Waals surface area contributed by atoms with Gasteiger partial charge >= 0.3 is 6.03 Å². The number of hydrogen-bond acceptors (Lipinski definition) is 5. The van der Waals surface area contributed by atoms with Crippen molar-refractivity contribution in [2.75, 3.05) is 11.4 Å². The number of pyridine rings is 1. The van der Waals surface area contributed by atoms with Crippen LogP contribution in [0.4, 0.5) is 10.5 Å². The van der Waals surface area contributed by atoms with Crippen LogP contribution in [0.15, 0.2) is 48.8 Å². The summed E-state index contributed by atoms with van der Waals surface area (Å²) >= 11 is 7.75. The Balaban J connectivity index is 1.74. The molecular weight excluding hydrogens is 408 g/mol. The Labute approximate surface area is 177 Å². The maximum atomic E-state index is 13.3. The van der Waals surface area contributed by atoms with E-state index in [1.54, 1.807) is 23.2 Å². The van der Waals surface area contributed by atoms with E-state index >= 15 is 0 Å². The summed E-state index contributed by atoms with van der Waals surface area (Å²) in [7, 11) is 0. The highest BCUT2D eigenvalue weighted by Gasteiger charge is 2.49. The molecule has 3 amide bonds. The monoisotopic (exact) mass is 424 g/mol. The van der Waals surface area contributed by atoms with Crippen LogP contribution in [0.3, 0.4) is 0 Å². The van der Waals surface area contributed by atoms with E-state index in [0.29, 0.717) is 10.7 Å². The lowest BCUT2D eigenvalue weighted by molar-refractivity contribution is -0.119. The summed E-state index contributed by atoms with van der Waals surface area (Å²) in [5, 5.41) is 9.13. The Morgan fingerprint density at radius 3 is 2.79 bits per heavy atom. The van der Waals surface area contributed by atoms with Gasteiger partial charge in [-0.3, -0.25) is 9.78 Å². The van der Waals surface area contributed by atoms with Crippen molar-refractivity contribution >= 4 is 45.9 Å². The average molecular weight is 425 g/mol. The maximum Gasteiger partial charge on any atom is 0.332 e. The second kappa shape index (κ2) is 7.90. The highest BCUT2D eigenvalue weighted by Crippen LogP contribution is 2.46. The molecule has 0 bridgehead atoms. The van der Waals surface area contributed by atoms with Crippen LogP contribution < -0.4 is 4.90 Å². The number of hydrogen-bond donors (Lipinski definition) is 0. The number of aryl methyl sites for hydroxylation is 1. The number of thioether (sulfide) groups is 1. The van der Waals surface area contributed by atoms with Crippen LogP contribution in [0.1, 0.15) is 17.5 Å². The maximum absolute atomic E-state index is 13.3. The third-order valence-electron chi connectivity index (χ3n) is 4.87. The number of amides is 3. The van der Waals surface area contributed by atoms with Gasteiger partial charge in [0.2, 0.25) is 0 Å². The molecule has 6 nitrogen and oxygen atoms in total. The quantitative estimate of drug-likeness (QED) is 0.733. The number of nitrogens with zero attached hydrogens (tertiary/aromatic N) is 4. The molecule has 0 radical (unpaired) electrons. The zero-order chi connectivity index (χ0) is 20.5. The fraction of sp³-hybridized carbons (Fsp3) is 0.238. The number of carbonyl (C=O) groups excluding carboxylic acids is 2. The minimum absolute atomic E-state index is 0.184. The summed E-state index contributed by atoms with van der Waals surface area (Å²) in [4.78, 5) is 34.3. The normalized spacial score (nSPS) is 21.1. The molecule has 1 aromatic heterocycles. The summed E-state index contributed by atoms with van der Waals surface area (Å²) in [6.45, 7) is 2.10. The average Bonchev–Trinajstić information content (AvgIpc) is 3.14. The number of fused-ring (bicyclic) bond motifs is 1. The van der Waals surface area contributed by atoms with Crippen molar-refractivity contribution in [3.05, 3.63) is 65.0 Å². The van der Waals surface area contributed by atoms with Crippen molar-refractivity contribution in [3.8, 4) is 6.07 Å². The van der Waals surface area contributed by atoms with Crippen LogP contribution in [-0.4, -0.2) is 39.7 Å². The van der Waals surface area contributed by atoms with Crippen LogP contribution in [-0.2, 0) is 4.79 Å². The molecular formula is C21H17ClN4O2S. The number of nitriles is 1. The van der Waals surface area contributed by atoms with Gasteiger partial charge in [-0.05, 0) is 30.7 Å². The van der Waals surface area contributed by atoms with Gasteiger partial charge in [-0.1, -0.05) is 29.8 Å². The molecule has 2 aliphatic heterocycles. The Morgan fingerprint density at radius 1 is 1.28 bits per heavy atom. The van der Waals surface area contributed by atoms with E-state index in [2.05, 4.69) is 11.1 Å². The number of rotatable bonds is 4. The summed E-state index contributed by atoms with van der Waals surface area (Å²) in [5.41, 5.74) is 2.12. The van der Waals surface area contributed by atoms with Gasteiger partial charge in [-0.2, -0.15) is 5.26 Å². The number of benzene rings is 1. The number of urea groups is 1. The van der Waals surface area contributed by atoms with Crippen LogP contribution in [0, 0.1) is 18.3 Å². The summed E-state index contributed by atoms with van der Waals surface area (Å²) in [5.74, 6) is -0.288. The Morgan fingerprint density at radius 2 is 2.07 bits per heavy atom. The van der Waals surface area contributed by atoms with Gasteiger partial charge in [0.25, 0.3) is 5.91 Å². The fourth-order valence-corrected chi connectivity index (χ4v) is 5.21. The molecule has 2 unspecified atom stereocenters. The Hall–Kier alpha value is -2.82. The van der Waals surface area contributed by atoms with E-state index in [9.17, 15) is 9.59 Å². The van der Waals surface area contributed by atoms with Crippen LogP contribution >= 0.6 is 23.4 Å². The standard InChI is InChI=1S/C21H17ClN4O2S/c1-13-9-14(12-24-11-13)26-20(27)19-17(25(21(26)28)8-4-7-23)10-18(29-19)15-5-2-3-6-16(15)22/h2-3,5-6,9-12,17,19H,4,8H2,1H3. The molecule has 0 spiro atoms. The van der Waals surface area contributed by atoms with Crippen molar-refractivity contribution in [3.63, 3.8) is 0 Å². The van der Waals surface area contributed by atoms with E-state index < -0.39 is 17.3 Å². The number of imide groups is 1. The van der Waals surface area contributed by atoms with Crippen LogP contribution in [0.2, 0.25) is 5.02 Å². The Kier molecular flexibility index (Phi) is 5.31. The lowest BCUT2D eigenvalue weighted by atomic mass is 10.0. The van der Waals surface area contributed by atoms with Gasteiger partial charge in [0.15, 0.2) is 0 Å². The van der Waals surface area contributed by atoms with Crippen molar-refractivity contribution in [1.29, 1.82) is 5.26 Å². The molecule has 1 aromatic carbocycles. The molecule has 0 N–H and O–H groups in total. The number of anilines is 1. The van der Waals surface area contributed by atoms with Gasteiger partial charge in [0, 0.05) is 28.2 Å². The van der Waals surface area contributed by atoms with Crippen LogP contribution in [0.5, 0.6) is 0 Å². The second-order valence-electron chi connectivity index (χ2n) is 6.82. The van der Waals surface area contributed by atoms with Crippen molar-refractivity contribution in [1.82, 2.24) is 9.88 Å².